The van der Waals surface area contributed by atoms with Crippen LogP contribution in [0.2, 0.25) is 10.0 Å². The maximum Gasteiger partial charge on any atom is 0.254 e. The number of imidazole rings is 1. The van der Waals surface area contributed by atoms with Gasteiger partial charge in [-0.25, -0.2) is 4.98 Å². The molecule has 224 valence electrons. The minimum absolute atomic E-state index is 0.178. The molecule has 44 heavy (non-hydrogen) atoms. The average Bonchev–Trinajstić information content (AvgIpc) is 3.52. The lowest BCUT2D eigenvalue weighted by Gasteiger charge is -2.35. The number of methoxy groups -OCH3 is 1. The van der Waals surface area contributed by atoms with Crippen molar-refractivity contribution >= 4 is 29.1 Å². The topological polar surface area (TPSA) is 96.0 Å². The molecule has 2 aromatic carbocycles. The summed E-state index contributed by atoms with van der Waals surface area (Å²) in [7, 11) is 1.66. The van der Waals surface area contributed by atoms with Crippen molar-refractivity contribution in [3.05, 3.63) is 129 Å². The van der Waals surface area contributed by atoms with Crippen LogP contribution in [0, 0.1) is 0 Å². The second-order valence-electron chi connectivity index (χ2n) is 10.8. The zero-order valence-electron chi connectivity index (χ0n) is 24.3. The molecule has 0 spiro atoms. The first kappa shape index (κ1) is 29.8. The Morgan fingerprint density at radius 3 is 2.59 bits per heavy atom. The maximum absolute atomic E-state index is 12.7. The van der Waals surface area contributed by atoms with Gasteiger partial charge in [-0.3, -0.25) is 19.7 Å². The van der Waals surface area contributed by atoms with Crippen LogP contribution in [-0.4, -0.2) is 37.9 Å². The number of amides is 1. The molecule has 5 aromatic rings. The number of fused-ring (bicyclic) bond motifs is 1. The predicted octanol–water partition coefficient (Wildman–Crippen LogP) is 7.19. The lowest BCUT2D eigenvalue weighted by Crippen LogP contribution is -2.31. The molecule has 0 bridgehead atoms. The molecule has 6 rings (SSSR count). The van der Waals surface area contributed by atoms with Crippen molar-refractivity contribution in [3.63, 3.8) is 0 Å². The third-order valence-corrected chi connectivity index (χ3v) is 8.47. The second-order valence-corrected chi connectivity index (χ2v) is 11.6. The van der Waals surface area contributed by atoms with Gasteiger partial charge in [0.25, 0.3) is 5.91 Å². The summed E-state index contributed by atoms with van der Waals surface area (Å²) >= 11 is 12.3. The van der Waals surface area contributed by atoms with Crippen molar-refractivity contribution in [1.82, 2.24) is 30.2 Å². The first-order chi connectivity index (χ1) is 21.5. The summed E-state index contributed by atoms with van der Waals surface area (Å²) in [4.78, 5) is 32.1. The fourth-order valence-corrected chi connectivity index (χ4v) is 6.22. The molecule has 8 nitrogen and oxygen atoms in total. The standard InChI is InChI=1S/C34H32Cl2N6O2/c1-44-27-8-2-6-25(15-27)33-39-17-26(41-33)21-42(30-9-3-5-24-7-4-14-38-32(24)30)20-23-12-10-22(11-13-23)16-40-34(43)31-28(35)18-37-19-29(31)36/h2,4,6-8,10-15,17-19,30H,3,5,9,16,20-21H2,1H3,(H,39,41)(H,40,43). The third-order valence-electron chi connectivity index (χ3n) is 7.89. The van der Waals surface area contributed by atoms with Gasteiger partial charge in [-0.2, -0.15) is 0 Å². The lowest BCUT2D eigenvalue weighted by molar-refractivity contribution is 0.0951. The van der Waals surface area contributed by atoms with Gasteiger partial charge in [0.05, 0.1) is 34.5 Å². The molecule has 1 aliphatic rings. The normalized spacial score (nSPS) is 14.3. The summed E-state index contributed by atoms with van der Waals surface area (Å²) in [6.45, 7) is 1.75. The Kier molecular flexibility index (Phi) is 9.21. The van der Waals surface area contributed by atoms with E-state index in [1.54, 1.807) is 7.11 Å². The Labute approximate surface area is 266 Å². The third kappa shape index (κ3) is 6.78. The van der Waals surface area contributed by atoms with E-state index in [2.05, 4.69) is 43.4 Å². The van der Waals surface area contributed by atoms with Crippen LogP contribution in [0.3, 0.4) is 0 Å². The van der Waals surface area contributed by atoms with Crippen LogP contribution in [-0.2, 0) is 26.1 Å². The SMILES string of the molecule is COc1cccc(-c2ncc(CN(Cc3ccc(CNC(=O)c4c(Cl)cncc4Cl)cc3)C3CCCc4cccnc43)[nH]2)c1. The lowest BCUT2D eigenvalue weighted by atomic mass is 9.90. The predicted molar refractivity (Wildman–Crippen MR) is 172 cm³/mol. The number of halogens is 2. The molecular formula is C34H32Cl2N6O2. The minimum atomic E-state index is -0.339. The first-order valence-corrected chi connectivity index (χ1v) is 15.2. The smallest absolute Gasteiger partial charge is 0.254 e. The van der Waals surface area contributed by atoms with Crippen LogP contribution in [0.5, 0.6) is 5.75 Å². The van der Waals surface area contributed by atoms with Gasteiger partial charge < -0.3 is 15.0 Å². The number of carbonyl (C=O) groups is 1. The highest BCUT2D eigenvalue weighted by atomic mass is 35.5. The minimum Gasteiger partial charge on any atom is -0.497 e. The van der Waals surface area contributed by atoms with E-state index < -0.39 is 0 Å². The Bertz CT molecular complexity index is 1740. The Hall–Kier alpha value is -4.24. The number of aromatic nitrogens is 4. The number of benzene rings is 2. The Morgan fingerprint density at radius 2 is 1.80 bits per heavy atom. The molecule has 0 radical (unpaired) electrons. The molecule has 0 aliphatic heterocycles. The number of pyridine rings is 2. The van der Waals surface area contributed by atoms with Gasteiger partial charge in [0, 0.05) is 55.7 Å². The van der Waals surface area contributed by atoms with E-state index in [1.165, 1.54) is 18.0 Å². The largest absolute Gasteiger partial charge is 0.497 e. The number of aromatic amines is 1. The van der Waals surface area contributed by atoms with Crippen LogP contribution < -0.4 is 10.1 Å². The molecule has 0 fully saturated rings. The van der Waals surface area contributed by atoms with Gasteiger partial charge in [-0.05, 0) is 54.2 Å². The number of ether oxygens (including phenoxy) is 1. The molecule has 1 atom stereocenters. The fraction of sp³-hybridized carbons (Fsp3) is 0.235. The van der Waals surface area contributed by atoms with Gasteiger partial charge >= 0.3 is 0 Å². The number of nitrogens with one attached hydrogen (secondary N) is 2. The van der Waals surface area contributed by atoms with Crippen LogP contribution in [0.1, 0.15) is 57.3 Å². The second kappa shape index (κ2) is 13.6. The molecule has 10 heteroatoms. The van der Waals surface area contributed by atoms with E-state index in [0.717, 1.165) is 65.5 Å². The molecule has 2 N–H and O–H groups in total. The quantitative estimate of drug-likeness (QED) is 0.170. The van der Waals surface area contributed by atoms with Gasteiger partial charge in [0.1, 0.15) is 11.6 Å². The van der Waals surface area contributed by atoms with Crippen molar-refractivity contribution in [2.24, 2.45) is 0 Å². The fourth-order valence-electron chi connectivity index (χ4n) is 5.69. The van der Waals surface area contributed by atoms with Crippen molar-refractivity contribution in [3.8, 4) is 17.1 Å². The highest BCUT2D eigenvalue weighted by Gasteiger charge is 2.28. The van der Waals surface area contributed by atoms with Gasteiger partial charge in [0.15, 0.2) is 0 Å². The zero-order valence-corrected chi connectivity index (χ0v) is 25.8. The van der Waals surface area contributed by atoms with Crippen LogP contribution in [0.4, 0.5) is 0 Å². The molecule has 0 saturated heterocycles. The van der Waals surface area contributed by atoms with Gasteiger partial charge in [-0.1, -0.05) is 65.7 Å². The van der Waals surface area contributed by atoms with Crippen molar-refractivity contribution < 1.29 is 9.53 Å². The zero-order chi connectivity index (χ0) is 30.5. The highest BCUT2D eigenvalue weighted by Crippen LogP contribution is 2.35. The molecule has 1 amide bonds. The summed E-state index contributed by atoms with van der Waals surface area (Å²) in [6.07, 6.45) is 9.82. The van der Waals surface area contributed by atoms with E-state index in [1.807, 2.05) is 54.9 Å². The first-order valence-electron chi connectivity index (χ1n) is 14.5. The van der Waals surface area contributed by atoms with E-state index in [0.29, 0.717) is 13.1 Å². The van der Waals surface area contributed by atoms with Crippen molar-refractivity contribution in [1.29, 1.82) is 0 Å². The summed E-state index contributed by atoms with van der Waals surface area (Å²) in [5, 5.41) is 3.34. The van der Waals surface area contributed by atoms with E-state index in [4.69, 9.17) is 32.9 Å². The molecular weight excluding hydrogens is 595 g/mol. The molecule has 3 heterocycles. The average molecular weight is 628 g/mol. The highest BCUT2D eigenvalue weighted by molar-refractivity contribution is 6.39. The van der Waals surface area contributed by atoms with E-state index >= 15 is 0 Å². The van der Waals surface area contributed by atoms with E-state index in [-0.39, 0.29) is 27.6 Å². The number of carbonyl (C=O) groups excluding carboxylic acids is 1. The molecule has 1 aliphatic carbocycles. The monoisotopic (exact) mass is 626 g/mol. The van der Waals surface area contributed by atoms with Gasteiger partial charge in [0.2, 0.25) is 0 Å². The summed E-state index contributed by atoms with van der Waals surface area (Å²) < 4.78 is 5.40. The molecule has 1 unspecified atom stereocenters. The number of H-pyrrole nitrogens is 1. The summed E-state index contributed by atoms with van der Waals surface area (Å²) in [6, 6.07) is 20.6. The molecule has 0 saturated carbocycles. The van der Waals surface area contributed by atoms with Crippen molar-refractivity contribution in [2.75, 3.05) is 7.11 Å². The van der Waals surface area contributed by atoms with E-state index in [9.17, 15) is 4.79 Å². The van der Waals surface area contributed by atoms with Crippen LogP contribution in [0.25, 0.3) is 11.4 Å². The Balaban J connectivity index is 1.19. The summed E-state index contributed by atoms with van der Waals surface area (Å²) in [5.74, 6) is 1.26. The number of nitrogens with zero attached hydrogens (tertiary/aromatic N) is 4. The maximum atomic E-state index is 12.7. The number of hydrogen-bond donors (Lipinski definition) is 2. The van der Waals surface area contributed by atoms with Gasteiger partial charge in [-0.15, -0.1) is 0 Å². The van der Waals surface area contributed by atoms with Crippen LogP contribution in [0.15, 0.2) is 85.5 Å². The number of rotatable bonds is 10. The molecule has 3 aromatic heterocycles. The Morgan fingerprint density at radius 1 is 1.00 bits per heavy atom. The number of aryl methyl sites for hydroxylation is 1. The summed E-state index contributed by atoms with van der Waals surface area (Å²) in [5.41, 5.74) is 6.83. The number of hydrogen-bond acceptors (Lipinski definition) is 6. The van der Waals surface area contributed by atoms with Crippen LogP contribution >= 0.6 is 23.2 Å². The van der Waals surface area contributed by atoms with Crippen molar-refractivity contribution in [2.45, 2.75) is 44.9 Å².